The summed E-state index contributed by atoms with van der Waals surface area (Å²) in [5.41, 5.74) is 1.16. The van der Waals surface area contributed by atoms with Crippen LogP contribution in [0.2, 0.25) is 10.0 Å². The van der Waals surface area contributed by atoms with Crippen molar-refractivity contribution in [2.75, 3.05) is 16.8 Å². The number of halogens is 3. The Morgan fingerprint density at radius 2 is 1.72 bits per heavy atom. The van der Waals surface area contributed by atoms with Gasteiger partial charge in [0, 0.05) is 23.8 Å². The minimum Gasteiger partial charge on any atom is -0.350 e. The Bertz CT molecular complexity index is 1130. The number of carbonyl (C=O) groups excluding carboxylic acids is 3. The Kier molecular flexibility index (Phi) is 6.47. The van der Waals surface area contributed by atoms with E-state index in [1.54, 1.807) is 36.4 Å². The van der Waals surface area contributed by atoms with Crippen molar-refractivity contribution in [1.29, 1.82) is 0 Å². The van der Waals surface area contributed by atoms with Gasteiger partial charge in [-0.1, -0.05) is 40.9 Å². The van der Waals surface area contributed by atoms with Crippen LogP contribution in [-0.4, -0.2) is 35.2 Å². The van der Waals surface area contributed by atoms with Gasteiger partial charge in [-0.15, -0.1) is 0 Å². The molecule has 2 aromatic rings. The lowest BCUT2D eigenvalue weighted by molar-refractivity contribution is -0.120. The number of nitrogens with one attached hydrogen (secondary N) is 1. The monoisotopic (exact) mass is 491 g/mol. The molecule has 2 aliphatic rings. The van der Waals surface area contributed by atoms with E-state index in [4.69, 9.17) is 34.8 Å². The molecule has 0 saturated carbocycles. The highest BCUT2D eigenvalue weighted by Crippen LogP contribution is 2.37. The Morgan fingerprint density at radius 1 is 1.00 bits per heavy atom. The largest absolute Gasteiger partial charge is 0.350 e. The van der Waals surface area contributed by atoms with Crippen LogP contribution < -0.4 is 10.2 Å². The molecule has 0 bridgehead atoms. The average Bonchev–Trinajstić information content (AvgIpc) is 2.99. The van der Waals surface area contributed by atoms with E-state index in [-0.39, 0.29) is 38.4 Å². The smallest absolute Gasteiger partial charge is 0.283 e. The fourth-order valence-electron chi connectivity index (χ4n) is 3.90. The van der Waals surface area contributed by atoms with Gasteiger partial charge < -0.3 is 10.2 Å². The Labute approximate surface area is 200 Å². The van der Waals surface area contributed by atoms with Gasteiger partial charge in [-0.2, -0.15) is 0 Å². The fourth-order valence-corrected chi connectivity index (χ4v) is 4.49. The predicted octanol–water partition coefficient (Wildman–Crippen LogP) is 5.44. The molecule has 1 unspecified atom stereocenters. The molecule has 0 spiro atoms. The highest BCUT2D eigenvalue weighted by atomic mass is 35.5. The molecule has 1 N–H and O–H groups in total. The second kappa shape index (κ2) is 9.14. The van der Waals surface area contributed by atoms with Gasteiger partial charge in [0.25, 0.3) is 17.7 Å². The first-order chi connectivity index (χ1) is 15.3. The second-order valence-corrected chi connectivity index (χ2v) is 8.92. The molecule has 1 fully saturated rings. The zero-order valence-electron chi connectivity index (χ0n) is 17.2. The van der Waals surface area contributed by atoms with Gasteiger partial charge in [0.05, 0.1) is 15.7 Å². The number of benzene rings is 2. The molecule has 1 saturated heterocycles. The van der Waals surface area contributed by atoms with Gasteiger partial charge in [-0.3, -0.25) is 14.4 Å². The van der Waals surface area contributed by atoms with E-state index >= 15 is 0 Å². The van der Waals surface area contributed by atoms with E-state index in [9.17, 15) is 14.4 Å². The van der Waals surface area contributed by atoms with Gasteiger partial charge in [-0.25, -0.2) is 4.90 Å². The molecule has 32 heavy (non-hydrogen) atoms. The summed E-state index contributed by atoms with van der Waals surface area (Å²) in [7, 11) is 0. The molecule has 1 atom stereocenters. The van der Waals surface area contributed by atoms with E-state index in [1.807, 2.05) is 4.90 Å². The van der Waals surface area contributed by atoms with Crippen molar-refractivity contribution in [1.82, 2.24) is 4.90 Å². The number of piperidine rings is 1. The first-order valence-electron chi connectivity index (χ1n) is 10.2. The third-order valence-corrected chi connectivity index (χ3v) is 6.82. The van der Waals surface area contributed by atoms with Crippen molar-refractivity contribution in [2.45, 2.75) is 32.2 Å². The van der Waals surface area contributed by atoms with Crippen LogP contribution in [0.25, 0.3) is 0 Å². The number of rotatable bonds is 4. The fraction of sp³-hybridized carbons (Fsp3) is 0.261. The molecule has 166 valence electrons. The first-order valence-corrected chi connectivity index (χ1v) is 11.3. The quantitative estimate of drug-likeness (QED) is 0.577. The number of nitrogens with zero attached hydrogens (tertiary/aromatic N) is 2. The summed E-state index contributed by atoms with van der Waals surface area (Å²) in [6.45, 7) is 2.81. The van der Waals surface area contributed by atoms with Crippen molar-refractivity contribution in [2.24, 2.45) is 0 Å². The first kappa shape index (κ1) is 22.6. The van der Waals surface area contributed by atoms with Gasteiger partial charge in [0.1, 0.15) is 10.7 Å². The SMILES string of the molecule is CC1CCCCN1C(=O)c1ccc(NC2=C(Cl)C(=O)N(c3cccc(Cl)c3Cl)C2=O)cc1. The molecular weight excluding hydrogens is 473 g/mol. The van der Waals surface area contributed by atoms with Gasteiger partial charge in [0.15, 0.2) is 0 Å². The number of anilines is 2. The third kappa shape index (κ3) is 4.10. The summed E-state index contributed by atoms with van der Waals surface area (Å²) in [6, 6.07) is 11.6. The second-order valence-electron chi connectivity index (χ2n) is 7.75. The van der Waals surface area contributed by atoms with Crippen LogP contribution in [0.4, 0.5) is 11.4 Å². The average molecular weight is 493 g/mol. The van der Waals surface area contributed by atoms with Crippen LogP contribution in [0.3, 0.4) is 0 Å². The number of hydrogen-bond acceptors (Lipinski definition) is 4. The van der Waals surface area contributed by atoms with Gasteiger partial charge >= 0.3 is 0 Å². The number of hydrogen-bond donors (Lipinski definition) is 1. The standard InChI is InChI=1S/C23H20Cl3N3O3/c1-13-5-2-3-12-28(13)21(30)14-8-10-15(11-9-14)27-20-19(26)22(31)29(23(20)32)17-7-4-6-16(24)18(17)25/h4,6-11,13,27H,2-3,5,12H2,1H3. The van der Waals surface area contributed by atoms with Gasteiger partial charge in [-0.05, 0) is 62.6 Å². The van der Waals surface area contributed by atoms with Crippen molar-refractivity contribution in [3.8, 4) is 0 Å². The van der Waals surface area contributed by atoms with E-state index in [0.717, 1.165) is 30.7 Å². The minimum absolute atomic E-state index is 0.0186. The lowest BCUT2D eigenvalue weighted by Crippen LogP contribution is -2.42. The molecule has 6 nitrogen and oxygen atoms in total. The highest BCUT2D eigenvalue weighted by molar-refractivity contribution is 6.54. The normalized spacial score (nSPS) is 19.1. The van der Waals surface area contributed by atoms with Crippen molar-refractivity contribution < 1.29 is 14.4 Å². The Morgan fingerprint density at radius 3 is 2.41 bits per heavy atom. The molecule has 4 rings (SSSR count). The molecule has 0 radical (unpaired) electrons. The maximum Gasteiger partial charge on any atom is 0.283 e. The molecular formula is C23H20Cl3N3O3. The van der Waals surface area contributed by atoms with E-state index < -0.39 is 11.8 Å². The van der Waals surface area contributed by atoms with Crippen LogP contribution in [0.5, 0.6) is 0 Å². The Balaban J connectivity index is 1.52. The summed E-state index contributed by atoms with van der Waals surface area (Å²) in [5, 5.41) is 2.93. The molecule has 2 heterocycles. The zero-order valence-corrected chi connectivity index (χ0v) is 19.5. The number of carbonyl (C=O) groups is 3. The lowest BCUT2D eigenvalue weighted by Gasteiger charge is -2.33. The van der Waals surface area contributed by atoms with Crippen LogP contribution >= 0.6 is 34.8 Å². The summed E-state index contributed by atoms with van der Waals surface area (Å²) in [4.78, 5) is 41.2. The topological polar surface area (TPSA) is 69.7 Å². The predicted molar refractivity (Wildman–Crippen MR) is 126 cm³/mol. The zero-order chi connectivity index (χ0) is 23.0. The molecule has 2 aromatic carbocycles. The summed E-state index contributed by atoms with van der Waals surface area (Å²) in [5.74, 6) is -1.37. The number of imide groups is 1. The number of likely N-dealkylation sites (tertiary alicyclic amines) is 1. The van der Waals surface area contributed by atoms with Crippen LogP contribution in [0, 0.1) is 0 Å². The van der Waals surface area contributed by atoms with Crippen LogP contribution in [0.1, 0.15) is 36.5 Å². The van der Waals surface area contributed by atoms with Gasteiger partial charge in [0.2, 0.25) is 0 Å². The molecule has 2 aliphatic heterocycles. The molecule has 3 amide bonds. The maximum atomic E-state index is 13.0. The number of amides is 3. The van der Waals surface area contributed by atoms with Crippen LogP contribution in [-0.2, 0) is 9.59 Å². The molecule has 0 aliphatic carbocycles. The minimum atomic E-state index is -0.700. The summed E-state index contributed by atoms with van der Waals surface area (Å²) >= 11 is 18.4. The van der Waals surface area contributed by atoms with Crippen molar-refractivity contribution >= 4 is 63.9 Å². The van der Waals surface area contributed by atoms with Crippen molar-refractivity contribution in [3.63, 3.8) is 0 Å². The molecule has 9 heteroatoms. The van der Waals surface area contributed by atoms with Crippen LogP contribution in [0.15, 0.2) is 53.2 Å². The lowest BCUT2D eigenvalue weighted by atomic mass is 10.0. The highest BCUT2D eigenvalue weighted by Gasteiger charge is 2.40. The maximum absolute atomic E-state index is 13.0. The van der Waals surface area contributed by atoms with Crippen molar-refractivity contribution in [3.05, 3.63) is 68.8 Å². The third-order valence-electron chi connectivity index (χ3n) is 5.66. The summed E-state index contributed by atoms with van der Waals surface area (Å²) in [6.07, 6.45) is 3.14. The molecule has 0 aromatic heterocycles. The van der Waals surface area contributed by atoms with E-state index in [0.29, 0.717) is 11.3 Å². The Hall–Kier alpha value is -2.54. The van der Waals surface area contributed by atoms with E-state index in [2.05, 4.69) is 12.2 Å². The summed E-state index contributed by atoms with van der Waals surface area (Å²) < 4.78 is 0. The van der Waals surface area contributed by atoms with E-state index in [1.165, 1.54) is 6.07 Å².